The minimum absolute atomic E-state index is 0.0717. The summed E-state index contributed by atoms with van der Waals surface area (Å²) >= 11 is 1.49. The summed E-state index contributed by atoms with van der Waals surface area (Å²) in [6, 6.07) is 4.00. The van der Waals surface area contributed by atoms with Crippen molar-refractivity contribution in [2.75, 3.05) is 25.9 Å². The highest BCUT2D eigenvalue weighted by Gasteiger charge is 2.49. The molecule has 2 aromatic heterocycles. The maximum atomic E-state index is 13.5. The number of carbonyl (C=O) groups excluding carboxylic acids is 2. The zero-order valence-electron chi connectivity index (χ0n) is 23.3. The van der Waals surface area contributed by atoms with E-state index in [1.54, 1.807) is 13.1 Å². The lowest BCUT2D eigenvalue weighted by molar-refractivity contribution is -0.215. The lowest BCUT2D eigenvalue weighted by Gasteiger charge is -2.47. The van der Waals surface area contributed by atoms with Crippen molar-refractivity contribution >= 4 is 40.3 Å². The van der Waals surface area contributed by atoms with E-state index in [4.69, 9.17) is 0 Å². The Bertz CT molecular complexity index is 1350. The average Bonchev–Trinajstić information content (AvgIpc) is 3.17. The molecule has 2 fully saturated rings. The topological polar surface area (TPSA) is 79.6 Å². The molecule has 216 valence electrons. The molecule has 2 amide bonds. The van der Waals surface area contributed by atoms with Crippen LogP contribution in [-0.4, -0.2) is 70.1 Å². The number of fused-ring (bicyclic) bond motifs is 1. The van der Waals surface area contributed by atoms with Gasteiger partial charge in [-0.15, -0.1) is 11.8 Å². The number of carbonyl (C=O) groups is 2. The molecule has 1 saturated carbocycles. The smallest absolute Gasteiger partial charge is 0.351 e. The number of alkyl halides is 3. The number of hydrogen-bond donors (Lipinski definition) is 1. The fourth-order valence-electron chi connectivity index (χ4n) is 6.61. The quantitative estimate of drug-likeness (QED) is 0.468. The third-order valence-corrected chi connectivity index (χ3v) is 9.81. The van der Waals surface area contributed by atoms with Crippen LogP contribution in [0.25, 0.3) is 11.0 Å². The van der Waals surface area contributed by atoms with Crippen molar-refractivity contribution in [1.29, 1.82) is 0 Å². The number of nitrogens with zero attached hydrogens (tertiary/aromatic N) is 4. The number of aromatic nitrogens is 2. The highest BCUT2D eigenvalue weighted by molar-refractivity contribution is 8.02. The molecule has 2 aliphatic heterocycles. The largest absolute Gasteiger partial charge is 0.394 e. The predicted octanol–water partition coefficient (Wildman–Crippen LogP) is 5.55. The molecule has 1 N–H and O–H groups in total. The van der Waals surface area contributed by atoms with Crippen LogP contribution >= 0.6 is 11.8 Å². The van der Waals surface area contributed by atoms with Gasteiger partial charge >= 0.3 is 6.18 Å². The fraction of sp³-hybridized carbons (Fsp3) is 0.586. The Morgan fingerprint density at radius 3 is 2.55 bits per heavy atom. The van der Waals surface area contributed by atoms with Gasteiger partial charge in [0.25, 0.3) is 11.8 Å². The molecule has 40 heavy (non-hydrogen) atoms. The molecule has 1 unspecified atom stereocenters. The maximum Gasteiger partial charge on any atom is 0.394 e. The Labute approximate surface area is 236 Å². The van der Waals surface area contributed by atoms with Crippen molar-refractivity contribution < 1.29 is 22.8 Å². The number of amides is 2. The van der Waals surface area contributed by atoms with Crippen molar-refractivity contribution in [2.45, 2.75) is 64.7 Å². The molecule has 4 heterocycles. The predicted molar refractivity (Wildman–Crippen MR) is 152 cm³/mol. The second kappa shape index (κ2) is 11.3. The van der Waals surface area contributed by atoms with Crippen molar-refractivity contribution in [3.8, 4) is 0 Å². The molecule has 11 heteroatoms. The number of nitrogens with one attached hydrogen (secondary N) is 1. The van der Waals surface area contributed by atoms with Crippen LogP contribution in [-0.2, 0) is 4.79 Å². The Kier molecular flexibility index (Phi) is 8.16. The second-order valence-corrected chi connectivity index (χ2v) is 12.2. The molecule has 2 atom stereocenters. The fourth-order valence-corrected chi connectivity index (χ4v) is 7.36. The third kappa shape index (κ3) is 5.46. The van der Waals surface area contributed by atoms with Gasteiger partial charge in [0, 0.05) is 59.6 Å². The van der Waals surface area contributed by atoms with Crippen LogP contribution in [0.2, 0.25) is 0 Å². The lowest BCUT2D eigenvalue weighted by Crippen LogP contribution is -2.57. The van der Waals surface area contributed by atoms with Gasteiger partial charge in [-0.1, -0.05) is 0 Å². The van der Waals surface area contributed by atoms with E-state index in [-0.39, 0.29) is 43.5 Å². The zero-order chi connectivity index (χ0) is 28.8. The Morgan fingerprint density at radius 2 is 1.90 bits per heavy atom. The van der Waals surface area contributed by atoms with Crippen molar-refractivity contribution in [3.05, 3.63) is 40.6 Å². The van der Waals surface area contributed by atoms with Crippen molar-refractivity contribution in [2.24, 2.45) is 22.7 Å². The summed E-state index contributed by atoms with van der Waals surface area (Å²) in [5.74, 6) is -1.85. The molecule has 1 aliphatic carbocycles. The Morgan fingerprint density at radius 1 is 1.20 bits per heavy atom. The minimum Gasteiger partial charge on any atom is -0.351 e. The number of allylic oxidation sites excluding steroid dienone is 1. The molecule has 0 spiro atoms. The van der Waals surface area contributed by atoms with E-state index in [1.807, 2.05) is 36.3 Å². The van der Waals surface area contributed by atoms with Crippen LogP contribution in [0.3, 0.4) is 0 Å². The highest BCUT2D eigenvalue weighted by Crippen LogP contribution is 2.41. The number of halogens is 3. The standard InChI is InChI=1S/C29H36F3N5O2S/c1-16-12-24(40-4)23(27(38)35-16)13-34-28(39)25-18(3)37(26-22(25)6-5-11-33-26)17(2)19-7-9-21(10-8-19)36-14-20(15-36)29(30,31)32/h5-6,11-12,17,19-21,23H,7-10,13-15H2,1-4H3,(H,34,39)/t17-,19?,21?,23?/m1/s1. The average molecular weight is 576 g/mol. The Hall–Kier alpha value is -2.66. The van der Waals surface area contributed by atoms with E-state index in [0.29, 0.717) is 17.2 Å². The van der Waals surface area contributed by atoms with E-state index in [0.717, 1.165) is 47.3 Å². The molecular weight excluding hydrogens is 539 g/mol. The number of dihydropyridines is 1. The SMILES string of the molecule is CSC1=CC(C)=NC(=O)C1CNC(=O)c1c(C)n([C@H](C)C2CCC(N3CC(C(F)(F)F)C3)CC2)c2ncccc12. The van der Waals surface area contributed by atoms with Crippen LogP contribution in [0.15, 0.2) is 34.3 Å². The van der Waals surface area contributed by atoms with E-state index in [2.05, 4.69) is 26.8 Å². The number of rotatable bonds is 7. The molecular formula is C29H36F3N5O2S. The first kappa shape index (κ1) is 28.9. The van der Waals surface area contributed by atoms with Crippen LogP contribution in [0.4, 0.5) is 13.2 Å². The summed E-state index contributed by atoms with van der Waals surface area (Å²) in [4.78, 5) is 37.7. The molecule has 1 saturated heterocycles. The summed E-state index contributed by atoms with van der Waals surface area (Å²) in [6.45, 7) is 6.26. The van der Waals surface area contributed by atoms with Crippen molar-refractivity contribution in [1.82, 2.24) is 19.8 Å². The molecule has 2 aromatic rings. The zero-order valence-corrected chi connectivity index (χ0v) is 24.1. The van der Waals surface area contributed by atoms with E-state index in [1.165, 1.54) is 11.8 Å². The van der Waals surface area contributed by atoms with Crippen LogP contribution < -0.4 is 5.32 Å². The van der Waals surface area contributed by atoms with Gasteiger partial charge in [-0.3, -0.25) is 14.5 Å². The van der Waals surface area contributed by atoms with E-state index < -0.39 is 18.0 Å². The van der Waals surface area contributed by atoms with E-state index in [9.17, 15) is 22.8 Å². The van der Waals surface area contributed by atoms with Crippen LogP contribution in [0.1, 0.15) is 61.6 Å². The highest BCUT2D eigenvalue weighted by atomic mass is 32.2. The number of hydrogen-bond acceptors (Lipinski definition) is 5. The molecule has 0 aromatic carbocycles. The van der Waals surface area contributed by atoms with Gasteiger partial charge in [-0.05, 0) is 76.8 Å². The Balaban J connectivity index is 1.29. The first-order chi connectivity index (χ1) is 19.0. The number of pyridine rings is 1. The van der Waals surface area contributed by atoms with Crippen LogP contribution in [0.5, 0.6) is 0 Å². The van der Waals surface area contributed by atoms with E-state index >= 15 is 0 Å². The summed E-state index contributed by atoms with van der Waals surface area (Å²) < 4.78 is 41.0. The summed E-state index contributed by atoms with van der Waals surface area (Å²) in [6.07, 6.45) is 5.01. The number of aliphatic imine (C=N–C) groups is 1. The monoisotopic (exact) mass is 575 g/mol. The summed E-state index contributed by atoms with van der Waals surface area (Å²) in [5, 5.41) is 3.74. The van der Waals surface area contributed by atoms with Crippen molar-refractivity contribution in [3.63, 3.8) is 0 Å². The van der Waals surface area contributed by atoms with Gasteiger partial charge in [-0.2, -0.15) is 13.2 Å². The lowest BCUT2D eigenvalue weighted by atomic mass is 9.80. The molecule has 7 nitrogen and oxygen atoms in total. The first-order valence-corrected chi connectivity index (χ1v) is 15.1. The van der Waals surface area contributed by atoms with Gasteiger partial charge in [0.05, 0.1) is 17.4 Å². The van der Waals surface area contributed by atoms with Gasteiger partial charge < -0.3 is 9.88 Å². The third-order valence-electron chi connectivity index (χ3n) is 8.94. The molecule has 0 radical (unpaired) electrons. The number of likely N-dealkylation sites (tertiary alicyclic amines) is 1. The minimum atomic E-state index is -4.10. The first-order valence-electron chi connectivity index (χ1n) is 13.9. The normalized spacial score (nSPS) is 25.4. The van der Waals surface area contributed by atoms with Gasteiger partial charge in [0.1, 0.15) is 5.65 Å². The summed E-state index contributed by atoms with van der Waals surface area (Å²) in [7, 11) is 0. The molecule has 5 rings (SSSR count). The second-order valence-electron chi connectivity index (χ2n) is 11.3. The maximum absolute atomic E-state index is 13.5. The molecule has 3 aliphatic rings. The number of thioether (sulfide) groups is 1. The summed E-state index contributed by atoms with van der Waals surface area (Å²) in [5.41, 5.74) is 2.79. The van der Waals surface area contributed by atoms with Gasteiger partial charge in [0.2, 0.25) is 0 Å². The van der Waals surface area contributed by atoms with Crippen LogP contribution in [0, 0.1) is 24.7 Å². The van der Waals surface area contributed by atoms with Gasteiger partial charge in [0.15, 0.2) is 0 Å². The molecule has 0 bridgehead atoms. The van der Waals surface area contributed by atoms with Gasteiger partial charge in [-0.25, -0.2) is 9.98 Å².